The van der Waals surface area contributed by atoms with Crippen molar-refractivity contribution in [3.05, 3.63) is 12.7 Å². The van der Waals surface area contributed by atoms with Gasteiger partial charge in [0.25, 0.3) is 6.35 Å². The van der Waals surface area contributed by atoms with E-state index in [4.69, 9.17) is 15.2 Å². The largest absolute Gasteiger partial charge is 0.461 e. The van der Waals surface area contributed by atoms with Gasteiger partial charge < -0.3 is 19.8 Å². The van der Waals surface area contributed by atoms with Crippen molar-refractivity contribution in [1.82, 2.24) is 24.6 Å². The normalized spacial score (nSPS) is 17.3. The molecule has 0 saturated heterocycles. The number of nitrogens with zero attached hydrogens (tertiary/aromatic N) is 4. The van der Waals surface area contributed by atoms with Crippen molar-refractivity contribution in [2.75, 3.05) is 12.1 Å². The van der Waals surface area contributed by atoms with Crippen LogP contribution in [0.25, 0.3) is 11.2 Å². The number of ether oxygens (including phenoxy) is 2. The lowest BCUT2D eigenvalue weighted by Gasteiger charge is -2.25. The molecule has 2 aromatic heterocycles. The molecule has 0 spiro atoms. The number of nitrogens with two attached hydrogens (primary N) is 1. The molecule has 0 bridgehead atoms. The van der Waals surface area contributed by atoms with E-state index in [-0.39, 0.29) is 24.5 Å². The smallest absolute Gasteiger partial charge is 0.461 e. The van der Waals surface area contributed by atoms with E-state index >= 15 is 0 Å². The molecular weight excluding hydrogens is 371 g/mol. The molecular formula is C16H24N6O4P+. The third kappa shape index (κ3) is 4.97. The van der Waals surface area contributed by atoms with Crippen LogP contribution in [0.15, 0.2) is 12.7 Å². The minimum Gasteiger partial charge on any atom is -0.461 e. The molecule has 0 amide bonds. The van der Waals surface area contributed by atoms with Gasteiger partial charge in [0.2, 0.25) is 0 Å². The zero-order valence-corrected chi connectivity index (χ0v) is 16.3. The Morgan fingerprint density at radius 2 is 2.19 bits per heavy atom. The highest BCUT2D eigenvalue weighted by molar-refractivity contribution is 7.42. The number of esters is 1. The van der Waals surface area contributed by atoms with Crippen LogP contribution >= 0.6 is 7.95 Å². The van der Waals surface area contributed by atoms with Crippen molar-refractivity contribution in [1.29, 1.82) is 0 Å². The van der Waals surface area contributed by atoms with Crippen molar-refractivity contribution in [3.63, 3.8) is 0 Å². The molecule has 1 aliphatic rings. The first kappa shape index (κ1) is 19.6. The fourth-order valence-electron chi connectivity index (χ4n) is 2.62. The molecule has 2 aromatic rings. The van der Waals surface area contributed by atoms with Gasteiger partial charge in [-0.3, -0.25) is 4.79 Å². The Morgan fingerprint density at radius 3 is 2.89 bits per heavy atom. The number of aromatic nitrogens is 4. The third-order valence-electron chi connectivity index (χ3n) is 4.39. The highest BCUT2D eigenvalue weighted by atomic mass is 31.1. The Morgan fingerprint density at radius 1 is 1.41 bits per heavy atom. The minimum atomic E-state index is -1.89. The van der Waals surface area contributed by atoms with E-state index in [1.54, 1.807) is 17.8 Å². The van der Waals surface area contributed by atoms with Gasteiger partial charge in [-0.25, -0.2) is 15.0 Å². The van der Waals surface area contributed by atoms with Crippen LogP contribution in [0.1, 0.15) is 33.1 Å². The third-order valence-corrected chi connectivity index (χ3v) is 5.44. The van der Waals surface area contributed by atoms with Crippen LogP contribution in [-0.4, -0.2) is 50.1 Å². The van der Waals surface area contributed by atoms with Crippen LogP contribution in [-0.2, 0) is 25.4 Å². The van der Waals surface area contributed by atoms with Crippen LogP contribution in [0.5, 0.6) is 0 Å². The van der Waals surface area contributed by atoms with Gasteiger partial charge in [-0.05, 0) is 37.7 Å². The molecule has 3 unspecified atom stereocenters. The second-order valence-corrected chi connectivity index (χ2v) is 7.93. The maximum atomic E-state index is 12.1. The molecule has 27 heavy (non-hydrogen) atoms. The molecule has 146 valence electrons. The van der Waals surface area contributed by atoms with E-state index in [9.17, 15) is 9.36 Å². The molecule has 10 nitrogen and oxygen atoms in total. The van der Waals surface area contributed by atoms with Crippen molar-refractivity contribution < 1.29 is 18.8 Å². The van der Waals surface area contributed by atoms with Gasteiger partial charge in [0.1, 0.15) is 24.0 Å². The standard InChI is InChI=1S/C16H24N6O4P/c1-10(6-22-8-20-13-14(17)18-7-19-15(13)22)25-9-27(24)21-11(2)16(23)26-12-4-3-5-12/h7-8,10-12H,3-6,9H2,1-2H3,(H,21,24)(H2,17,18,19)/q+1. The molecule has 0 aliphatic heterocycles. The van der Waals surface area contributed by atoms with Gasteiger partial charge in [0.15, 0.2) is 11.5 Å². The number of nitrogens with one attached hydrogen (secondary N) is 1. The van der Waals surface area contributed by atoms with Crippen molar-refractivity contribution in [3.8, 4) is 0 Å². The van der Waals surface area contributed by atoms with Gasteiger partial charge in [0, 0.05) is 0 Å². The molecule has 1 aliphatic carbocycles. The van der Waals surface area contributed by atoms with Gasteiger partial charge >= 0.3 is 13.9 Å². The predicted octanol–water partition coefficient (Wildman–Crippen LogP) is 1.59. The molecule has 3 atom stereocenters. The summed E-state index contributed by atoms with van der Waals surface area (Å²) in [5, 5.41) is 2.74. The first-order valence-corrected chi connectivity index (χ1v) is 10.3. The fraction of sp³-hybridized carbons (Fsp3) is 0.625. The molecule has 2 heterocycles. The predicted molar refractivity (Wildman–Crippen MR) is 99.1 cm³/mol. The number of carbonyl (C=O) groups is 1. The van der Waals surface area contributed by atoms with E-state index < -0.39 is 14.0 Å². The zero-order valence-electron chi connectivity index (χ0n) is 15.4. The maximum Gasteiger partial charge on any atom is 0.461 e. The number of imidazole rings is 1. The molecule has 1 saturated carbocycles. The molecule has 3 N–H and O–H groups in total. The average Bonchev–Trinajstić information content (AvgIpc) is 3.00. The molecule has 11 heteroatoms. The Hall–Kier alpha value is -2.16. The van der Waals surface area contributed by atoms with Gasteiger partial charge in [0.05, 0.1) is 19.0 Å². The van der Waals surface area contributed by atoms with Crippen LogP contribution < -0.4 is 10.8 Å². The highest BCUT2D eigenvalue weighted by Gasteiger charge is 2.29. The number of hydrogen-bond acceptors (Lipinski definition) is 8. The average molecular weight is 395 g/mol. The van der Waals surface area contributed by atoms with Crippen LogP contribution in [0.3, 0.4) is 0 Å². The topological polar surface area (TPSA) is 134 Å². The first-order chi connectivity index (χ1) is 12.9. The summed E-state index contributed by atoms with van der Waals surface area (Å²) in [5.41, 5.74) is 6.93. The van der Waals surface area contributed by atoms with E-state index in [2.05, 4.69) is 20.0 Å². The molecule has 0 aromatic carbocycles. The summed E-state index contributed by atoms with van der Waals surface area (Å²) in [6, 6.07) is -0.634. The number of rotatable bonds is 9. The van der Waals surface area contributed by atoms with E-state index in [1.165, 1.54) is 6.33 Å². The number of hydrogen-bond donors (Lipinski definition) is 2. The monoisotopic (exact) mass is 395 g/mol. The first-order valence-electron chi connectivity index (χ1n) is 8.88. The maximum absolute atomic E-state index is 12.1. The van der Waals surface area contributed by atoms with Crippen molar-refractivity contribution in [2.24, 2.45) is 0 Å². The van der Waals surface area contributed by atoms with Gasteiger partial charge in [-0.1, -0.05) is 5.09 Å². The minimum absolute atomic E-state index is 0.0126. The van der Waals surface area contributed by atoms with Gasteiger partial charge in [-0.15, -0.1) is 0 Å². The van der Waals surface area contributed by atoms with Crippen LogP contribution in [0.2, 0.25) is 0 Å². The summed E-state index contributed by atoms with van der Waals surface area (Å²) in [6.07, 6.45) is 5.66. The Labute approximate surface area is 157 Å². The molecule has 0 radical (unpaired) electrons. The number of carbonyl (C=O) groups excluding carboxylic acids is 1. The molecule has 1 fully saturated rings. The lowest BCUT2D eigenvalue weighted by atomic mass is 9.96. The van der Waals surface area contributed by atoms with Crippen molar-refractivity contribution >= 4 is 30.9 Å². The van der Waals surface area contributed by atoms with E-state index in [0.29, 0.717) is 23.5 Å². The second kappa shape index (κ2) is 8.69. The second-order valence-electron chi connectivity index (χ2n) is 6.65. The Balaban J connectivity index is 1.44. The summed E-state index contributed by atoms with van der Waals surface area (Å²) >= 11 is 0. The summed E-state index contributed by atoms with van der Waals surface area (Å²) < 4.78 is 24.9. The summed E-state index contributed by atoms with van der Waals surface area (Å²) in [7, 11) is -1.89. The lowest BCUT2D eigenvalue weighted by molar-refractivity contribution is -0.154. The summed E-state index contributed by atoms with van der Waals surface area (Å²) in [5.74, 6) is -0.0550. The quantitative estimate of drug-likeness (QED) is 0.479. The zero-order chi connectivity index (χ0) is 19.4. The SMILES string of the molecule is CC(Cn1cnc2c(N)ncnc21)OC[P+](=O)NC(C)C(=O)OC1CCC1. The van der Waals surface area contributed by atoms with E-state index in [0.717, 1.165) is 19.3 Å². The van der Waals surface area contributed by atoms with Crippen molar-refractivity contribution in [2.45, 2.75) is 57.9 Å². The number of anilines is 1. The van der Waals surface area contributed by atoms with E-state index in [1.807, 2.05) is 6.92 Å². The lowest BCUT2D eigenvalue weighted by Crippen LogP contribution is -2.36. The summed E-state index contributed by atoms with van der Waals surface area (Å²) in [4.78, 5) is 24.2. The summed E-state index contributed by atoms with van der Waals surface area (Å²) in [6.45, 7) is 3.96. The Bertz CT molecular complexity index is 824. The number of nitrogen functional groups attached to an aromatic ring is 1. The molecule has 3 rings (SSSR count). The number of fused-ring (bicyclic) bond motifs is 1. The van der Waals surface area contributed by atoms with Crippen LogP contribution in [0.4, 0.5) is 5.82 Å². The Kier molecular flexibility index (Phi) is 6.30. The highest BCUT2D eigenvalue weighted by Crippen LogP contribution is 2.23. The fourth-order valence-corrected chi connectivity index (χ4v) is 3.62. The van der Waals surface area contributed by atoms with Gasteiger partial charge in [-0.2, -0.15) is 0 Å². The van der Waals surface area contributed by atoms with Crippen LogP contribution in [0, 0.1) is 0 Å².